The number of benzene rings is 2. The maximum Gasteiger partial charge on any atom is 0.137 e. The summed E-state index contributed by atoms with van der Waals surface area (Å²) in [4.78, 5) is 0. The average Bonchev–Trinajstić information content (AvgIpc) is 3.25. The van der Waals surface area contributed by atoms with Gasteiger partial charge in [0.2, 0.25) is 0 Å². The van der Waals surface area contributed by atoms with Gasteiger partial charge in [-0.2, -0.15) is 0 Å². The molecule has 0 amide bonds. The Morgan fingerprint density at radius 3 is 2.58 bits per heavy atom. The van der Waals surface area contributed by atoms with Gasteiger partial charge in [-0.15, -0.1) is 0 Å². The molecule has 0 saturated heterocycles. The van der Waals surface area contributed by atoms with Gasteiger partial charge in [-0.25, -0.2) is 4.39 Å². The molecule has 0 aromatic heterocycles. The molecule has 2 aromatic rings. The molecule has 1 aliphatic carbocycles. The Labute approximate surface area is 120 Å². The summed E-state index contributed by atoms with van der Waals surface area (Å²) in [5.41, 5.74) is 2.11. The number of ether oxygens (including phenoxy) is 1. The van der Waals surface area contributed by atoms with Crippen LogP contribution < -0.4 is 4.74 Å². The third-order valence-electron chi connectivity index (χ3n) is 3.31. The van der Waals surface area contributed by atoms with E-state index >= 15 is 0 Å². The Morgan fingerprint density at radius 1 is 1.16 bits per heavy atom. The summed E-state index contributed by atoms with van der Waals surface area (Å²) in [6.45, 7) is 0.513. The second-order valence-electron chi connectivity index (χ2n) is 4.85. The topological polar surface area (TPSA) is 9.23 Å². The maximum atomic E-state index is 13.6. The zero-order valence-corrected chi connectivity index (χ0v) is 12.0. The van der Waals surface area contributed by atoms with Gasteiger partial charge in [0.25, 0.3) is 0 Å². The molecule has 3 heteroatoms. The van der Waals surface area contributed by atoms with Crippen LogP contribution in [0.3, 0.4) is 0 Å². The van der Waals surface area contributed by atoms with Gasteiger partial charge in [0.05, 0.1) is 4.47 Å². The summed E-state index contributed by atoms with van der Waals surface area (Å²) >= 11 is 3.22. The molecule has 0 atom stereocenters. The summed E-state index contributed by atoms with van der Waals surface area (Å²) in [7, 11) is 0. The van der Waals surface area contributed by atoms with E-state index in [1.54, 1.807) is 12.1 Å². The Morgan fingerprint density at radius 2 is 1.89 bits per heavy atom. The predicted molar refractivity (Wildman–Crippen MR) is 76.8 cm³/mol. The predicted octanol–water partition coefficient (Wildman–Crippen LogP) is 5.04. The molecule has 0 N–H and O–H groups in total. The van der Waals surface area contributed by atoms with Crippen LogP contribution in [0, 0.1) is 5.82 Å². The van der Waals surface area contributed by atoms with Gasteiger partial charge in [-0.3, -0.25) is 0 Å². The van der Waals surface area contributed by atoms with Gasteiger partial charge >= 0.3 is 0 Å². The normalized spacial score (nSPS) is 14.4. The molecule has 0 bridgehead atoms. The highest BCUT2D eigenvalue weighted by Crippen LogP contribution is 2.45. The lowest BCUT2D eigenvalue weighted by atomic mass is 10.1. The Bertz CT molecular complexity index is 579. The molecule has 3 rings (SSSR count). The van der Waals surface area contributed by atoms with E-state index in [4.69, 9.17) is 4.74 Å². The fourth-order valence-corrected chi connectivity index (χ4v) is 2.44. The van der Waals surface area contributed by atoms with Crippen LogP contribution in [0.5, 0.6) is 5.75 Å². The molecule has 0 heterocycles. The van der Waals surface area contributed by atoms with Crippen LogP contribution in [-0.4, -0.2) is 0 Å². The van der Waals surface area contributed by atoms with E-state index in [0.717, 1.165) is 29.7 Å². The summed E-state index contributed by atoms with van der Waals surface area (Å²) in [5.74, 6) is 1.04. The molecule has 19 heavy (non-hydrogen) atoms. The molecule has 2 aromatic carbocycles. The highest BCUT2D eigenvalue weighted by Gasteiger charge is 2.28. The first kappa shape index (κ1) is 12.7. The van der Waals surface area contributed by atoms with Crippen molar-refractivity contribution in [2.24, 2.45) is 0 Å². The SMILES string of the molecule is Fc1cc(C2CC2)c(OCc2ccccc2)cc1Br. The Kier molecular flexibility index (Phi) is 3.56. The average molecular weight is 321 g/mol. The number of rotatable bonds is 4. The molecule has 1 saturated carbocycles. The van der Waals surface area contributed by atoms with Crippen molar-refractivity contribution in [3.8, 4) is 5.75 Å². The van der Waals surface area contributed by atoms with Crippen molar-refractivity contribution < 1.29 is 9.13 Å². The van der Waals surface area contributed by atoms with Crippen molar-refractivity contribution in [2.75, 3.05) is 0 Å². The van der Waals surface area contributed by atoms with Gasteiger partial charge < -0.3 is 4.74 Å². The van der Waals surface area contributed by atoms with Crippen molar-refractivity contribution in [1.29, 1.82) is 0 Å². The Hall–Kier alpha value is -1.35. The van der Waals surface area contributed by atoms with Crippen LogP contribution in [0.1, 0.15) is 29.9 Å². The third-order valence-corrected chi connectivity index (χ3v) is 3.91. The van der Waals surface area contributed by atoms with Gasteiger partial charge in [-0.05, 0) is 52.4 Å². The van der Waals surface area contributed by atoms with Crippen molar-refractivity contribution in [3.05, 3.63) is 63.9 Å². The molecule has 0 radical (unpaired) electrons. The molecule has 1 nitrogen and oxygen atoms in total. The first-order chi connectivity index (χ1) is 9.24. The smallest absolute Gasteiger partial charge is 0.137 e. The van der Waals surface area contributed by atoms with E-state index in [0.29, 0.717) is 17.0 Å². The van der Waals surface area contributed by atoms with Crippen LogP contribution in [0.2, 0.25) is 0 Å². The Balaban J connectivity index is 1.81. The number of hydrogen-bond donors (Lipinski definition) is 0. The minimum Gasteiger partial charge on any atom is -0.489 e. The summed E-state index contributed by atoms with van der Waals surface area (Å²) in [5, 5.41) is 0. The van der Waals surface area contributed by atoms with E-state index in [9.17, 15) is 4.39 Å². The highest BCUT2D eigenvalue weighted by atomic mass is 79.9. The summed E-state index contributed by atoms with van der Waals surface area (Å²) in [6.07, 6.45) is 2.26. The minimum absolute atomic E-state index is 0.214. The molecular weight excluding hydrogens is 307 g/mol. The molecule has 0 unspecified atom stereocenters. The lowest BCUT2D eigenvalue weighted by Gasteiger charge is -2.12. The van der Waals surface area contributed by atoms with E-state index in [-0.39, 0.29) is 5.82 Å². The fourth-order valence-electron chi connectivity index (χ4n) is 2.12. The zero-order chi connectivity index (χ0) is 13.2. The fraction of sp³-hybridized carbons (Fsp3) is 0.250. The van der Waals surface area contributed by atoms with E-state index in [1.807, 2.05) is 30.3 Å². The first-order valence-corrected chi connectivity index (χ1v) is 7.19. The van der Waals surface area contributed by atoms with Crippen LogP contribution >= 0.6 is 15.9 Å². The highest BCUT2D eigenvalue weighted by molar-refractivity contribution is 9.10. The van der Waals surface area contributed by atoms with Crippen LogP contribution in [0.4, 0.5) is 4.39 Å². The summed E-state index contributed by atoms with van der Waals surface area (Å²) < 4.78 is 19.9. The van der Waals surface area contributed by atoms with E-state index in [1.165, 1.54) is 0 Å². The van der Waals surface area contributed by atoms with Gasteiger partial charge in [0.1, 0.15) is 18.2 Å². The van der Waals surface area contributed by atoms with Crippen LogP contribution in [0.25, 0.3) is 0 Å². The maximum absolute atomic E-state index is 13.6. The summed E-state index contributed by atoms with van der Waals surface area (Å²) in [6, 6.07) is 13.3. The van der Waals surface area contributed by atoms with E-state index < -0.39 is 0 Å². The lowest BCUT2D eigenvalue weighted by molar-refractivity contribution is 0.302. The number of hydrogen-bond acceptors (Lipinski definition) is 1. The molecule has 0 aliphatic heterocycles. The van der Waals surface area contributed by atoms with Gasteiger partial charge in [0, 0.05) is 5.56 Å². The monoisotopic (exact) mass is 320 g/mol. The largest absolute Gasteiger partial charge is 0.489 e. The zero-order valence-electron chi connectivity index (χ0n) is 10.4. The molecule has 98 valence electrons. The van der Waals surface area contributed by atoms with Crippen LogP contribution in [-0.2, 0) is 6.61 Å². The molecule has 0 spiro atoms. The van der Waals surface area contributed by atoms with Crippen LogP contribution in [0.15, 0.2) is 46.9 Å². The van der Waals surface area contributed by atoms with Crippen molar-refractivity contribution in [1.82, 2.24) is 0 Å². The quantitative estimate of drug-likeness (QED) is 0.766. The first-order valence-electron chi connectivity index (χ1n) is 6.39. The molecule has 1 fully saturated rings. The van der Waals surface area contributed by atoms with Crippen molar-refractivity contribution in [2.45, 2.75) is 25.4 Å². The molecular formula is C16H14BrFO. The van der Waals surface area contributed by atoms with Crippen molar-refractivity contribution >= 4 is 15.9 Å². The van der Waals surface area contributed by atoms with Gasteiger partial charge in [-0.1, -0.05) is 30.3 Å². The minimum atomic E-state index is -0.214. The van der Waals surface area contributed by atoms with Crippen molar-refractivity contribution in [3.63, 3.8) is 0 Å². The lowest BCUT2D eigenvalue weighted by Crippen LogP contribution is -1.99. The standard InChI is InChI=1S/C16H14BrFO/c17-14-9-16(13(8-15(14)18)12-6-7-12)19-10-11-4-2-1-3-5-11/h1-5,8-9,12H,6-7,10H2. The number of halogens is 2. The van der Waals surface area contributed by atoms with E-state index in [2.05, 4.69) is 15.9 Å². The van der Waals surface area contributed by atoms with Gasteiger partial charge in [0.15, 0.2) is 0 Å². The second-order valence-corrected chi connectivity index (χ2v) is 5.71. The molecule has 1 aliphatic rings. The second kappa shape index (κ2) is 5.33. The third kappa shape index (κ3) is 2.98.